The van der Waals surface area contributed by atoms with Gasteiger partial charge in [0.25, 0.3) is 11.8 Å². The molecule has 1 aliphatic rings. The molecule has 2 amide bonds. The number of carbonyl (C=O) groups is 4. The van der Waals surface area contributed by atoms with Gasteiger partial charge in [0.2, 0.25) is 0 Å². The Morgan fingerprint density at radius 3 is 2.29 bits per heavy atom. The summed E-state index contributed by atoms with van der Waals surface area (Å²) in [5, 5.41) is 0. The van der Waals surface area contributed by atoms with Gasteiger partial charge < -0.3 is 4.74 Å². The minimum absolute atomic E-state index is 0.135. The van der Waals surface area contributed by atoms with Crippen LogP contribution in [0, 0.1) is 0 Å². The Morgan fingerprint density at radius 1 is 0.917 bits per heavy atom. The number of amides is 2. The molecule has 3 rings (SSSR count). The number of hydrogen-bond acceptors (Lipinski definition) is 5. The Hall–Kier alpha value is -3.28. The Balaban J connectivity index is 2.05. The third-order valence-electron chi connectivity index (χ3n) is 3.82. The lowest BCUT2D eigenvalue weighted by atomic mass is 10.1. The number of methoxy groups -OCH3 is 1. The molecule has 6 nitrogen and oxygen atoms in total. The summed E-state index contributed by atoms with van der Waals surface area (Å²) in [6.07, 6.45) is 0. The van der Waals surface area contributed by atoms with Crippen LogP contribution in [-0.2, 0) is 4.74 Å². The number of rotatable bonds is 3. The van der Waals surface area contributed by atoms with Crippen molar-refractivity contribution in [2.75, 3.05) is 12.0 Å². The second kappa shape index (κ2) is 5.73. The molecule has 1 aliphatic heterocycles. The molecule has 0 unspecified atom stereocenters. The maximum absolute atomic E-state index is 12.6. The summed E-state index contributed by atoms with van der Waals surface area (Å²) < 4.78 is 4.63. The highest BCUT2D eigenvalue weighted by Crippen LogP contribution is 2.29. The Bertz CT molecular complexity index is 900. The molecule has 1 heterocycles. The number of ether oxygens (including phenoxy) is 1. The van der Waals surface area contributed by atoms with Crippen LogP contribution >= 0.6 is 0 Å². The van der Waals surface area contributed by atoms with Crippen LogP contribution in [0.1, 0.15) is 48.4 Å². The van der Waals surface area contributed by atoms with Crippen LogP contribution in [0.2, 0.25) is 0 Å². The normalized spacial score (nSPS) is 13.0. The van der Waals surface area contributed by atoms with Gasteiger partial charge in [-0.25, -0.2) is 9.69 Å². The zero-order valence-electron chi connectivity index (χ0n) is 13.0. The minimum Gasteiger partial charge on any atom is -0.465 e. The highest BCUT2D eigenvalue weighted by atomic mass is 16.5. The van der Waals surface area contributed by atoms with E-state index in [4.69, 9.17) is 0 Å². The summed E-state index contributed by atoms with van der Waals surface area (Å²) in [5.74, 6) is -1.79. The van der Waals surface area contributed by atoms with Gasteiger partial charge in [0.05, 0.1) is 29.5 Å². The fourth-order valence-electron chi connectivity index (χ4n) is 2.58. The van der Waals surface area contributed by atoms with Crippen molar-refractivity contribution in [3.63, 3.8) is 0 Å². The van der Waals surface area contributed by atoms with E-state index in [0.717, 1.165) is 4.90 Å². The van der Waals surface area contributed by atoms with E-state index in [0.29, 0.717) is 11.3 Å². The number of ketones is 1. The summed E-state index contributed by atoms with van der Waals surface area (Å²) in [6.45, 7) is 1.41. The third kappa shape index (κ3) is 2.38. The van der Waals surface area contributed by atoms with Gasteiger partial charge in [-0.2, -0.15) is 0 Å². The average Bonchev–Trinajstić information content (AvgIpc) is 2.84. The molecule has 0 aromatic heterocycles. The van der Waals surface area contributed by atoms with Gasteiger partial charge in [0, 0.05) is 5.56 Å². The molecule has 24 heavy (non-hydrogen) atoms. The molecule has 0 radical (unpaired) electrons. The van der Waals surface area contributed by atoms with Gasteiger partial charge in [-0.05, 0) is 37.3 Å². The van der Waals surface area contributed by atoms with Crippen molar-refractivity contribution in [2.45, 2.75) is 6.92 Å². The first-order valence-electron chi connectivity index (χ1n) is 7.16. The van der Waals surface area contributed by atoms with Gasteiger partial charge >= 0.3 is 5.97 Å². The number of carbonyl (C=O) groups excluding carboxylic acids is 4. The number of esters is 1. The standard InChI is InChI=1S/C18H13NO5/c1-10(20)11-4-3-5-13(8-11)19-16(21)14-7-6-12(18(23)24-2)9-15(14)17(19)22/h3-9H,1-2H3. The highest BCUT2D eigenvalue weighted by molar-refractivity contribution is 6.34. The molecule has 0 N–H and O–H groups in total. The number of anilines is 1. The molecule has 2 aromatic rings. The topological polar surface area (TPSA) is 80.8 Å². The summed E-state index contributed by atoms with van der Waals surface area (Å²) >= 11 is 0. The lowest BCUT2D eigenvalue weighted by Gasteiger charge is -2.14. The Kier molecular flexibility index (Phi) is 3.73. The summed E-state index contributed by atoms with van der Waals surface area (Å²) in [7, 11) is 1.24. The van der Waals surface area contributed by atoms with E-state index in [9.17, 15) is 19.2 Å². The summed E-state index contributed by atoms with van der Waals surface area (Å²) in [6, 6.07) is 10.5. The van der Waals surface area contributed by atoms with Gasteiger partial charge in [0.1, 0.15) is 0 Å². The van der Waals surface area contributed by atoms with E-state index < -0.39 is 17.8 Å². The lowest BCUT2D eigenvalue weighted by Crippen LogP contribution is -2.29. The van der Waals surface area contributed by atoms with Crippen LogP contribution < -0.4 is 4.90 Å². The maximum atomic E-state index is 12.6. The molecule has 2 aromatic carbocycles. The SMILES string of the molecule is COC(=O)c1ccc2c(c1)C(=O)N(c1cccc(C(C)=O)c1)C2=O. The number of nitrogens with zero attached hydrogens (tertiary/aromatic N) is 1. The van der Waals surface area contributed by atoms with Gasteiger partial charge in [-0.15, -0.1) is 0 Å². The zero-order valence-corrected chi connectivity index (χ0v) is 13.0. The predicted molar refractivity (Wildman–Crippen MR) is 85.4 cm³/mol. The van der Waals surface area contributed by atoms with Crippen molar-refractivity contribution in [3.8, 4) is 0 Å². The van der Waals surface area contributed by atoms with Crippen LogP contribution in [0.4, 0.5) is 5.69 Å². The van der Waals surface area contributed by atoms with Crippen molar-refractivity contribution < 1.29 is 23.9 Å². The van der Waals surface area contributed by atoms with Gasteiger partial charge in [-0.1, -0.05) is 12.1 Å². The quantitative estimate of drug-likeness (QED) is 0.492. The molecule has 6 heteroatoms. The zero-order chi connectivity index (χ0) is 17.4. The Morgan fingerprint density at radius 2 is 1.62 bits per heavy atom. The third-order valence-corrected chi connectivity index (χ3v) is 3.82. The second-order valence-electron chi connectivity index (χ2n) is 5.30. The van der Waals surface area contributed by atoms with E-state index in [1.54, 1.807) is 18.2 Å². The molecular weight excluding hydrogens is 310 g/mol. The van der Waals surface area contributed by atoms with E-state index in [-0.39, 0.29) is 22.5 Å². The molecule has 0 saturated heterocycles. The number of hydrogen-bond donors (Lipinski definition) is 0. The van der Waals surface area contributed by atoms with E-state index in [1.807, 2.05) is 0 Å². The predicted octanol–water partition coefficient (Wildman–Crippen LogP) is 2.48. The van der Waals surface area contributed by atoms with Gasteiger partial charge in [-0.3, -0.25) is 14.4 Å². The smallest absolute Gasteiger partial charge is 0.337 e. The number of imide groups is 1. The summed E-state index contributed by atoms with van der Waals surface area (Å²) in [4.78, 5) is 49.3. The molecule has 0 saturated carbocycles. The van der Waals surface area contributed by atoms with E-state index in [2.05, 4.69) is 4.74 Å². The van der Waals surface area contributed by atoms with E-state index in [1.165, 1.54) is 38.3 Å². The first-order valence-corrected chi connectivity index (χ1v) is 7.16. The molecule has 0 fully saturated rings. The fraction of sp³-hybridized carbons (Fsp3) is 0.111. The molecule has 0 aliphatic carbocycles. The van der Waals surface area contributed by atoms with Crippen LogP contribution in [0.3, 0.4) is 0 Å². The first kappa shape index (κ1) is 15.6. The monoisotopic (exact) mass is 323 g/mol. The number of benzene rings is 2. The van der Waals surface area contributed by atoms with Crippen molar-refractivity contribution >= 4 is 29.3 Å². The van der Waals surface area contributed by atoms with Gasteiger partial charge in [0.15, 0.2) is 5.78 Å². The molecule has 0 bridgehead atoms. The van der Waals surface area contributed by atoms with E-state index >= 15 is 0 Å². The fourth-order valence-corrected chi connectivity index (χ4v) is 2.58. The lowest BCUT2D eigenvalue weighted by molar-refractivity contribution is 0.0600. The van der Waals surface area contributed by atoms with Crippen molar-refractivity contribution in [3.05, 3.63) is 64.7 Å². The highest BCUT2D eigenvalue weighted by Gasteiger charge is 2.37. The van der Waals surface area contributed by atoms with Crippen LogP contribution in [-0.4, -0.2) is 30.7 Å². The van der Waals surface area contributed by atoms with Crippen LogP contribution in [0.15, 0.2) is 42.5 Å². The van der Waals surface area contributed by atoms with Crippen molar-refractivity contribution in [1.29, 1.82) is 0 Å². The number of fused-ring (bicyclic) bond motifs is 1. The van der Waals surface area contributed by atoms with Crippen LogP contribution in [0.25, 0.3) is 0 Å². The molecule has 0 atom stereocenters. The second-order valence-corrected chi connectivity index (χ2v) is 5.30. The number of Topliss-reactive ketones (excluding diaryl/α,β-unsaturated/α-hetero) is 1. The average molecular weight is 323 g/mol. The maximum Gasteiger partial charge on any atom is 0.337 e. The van der Waals surface area contributed by atoms with Crippen LogP contribution in [0.5, 0.6) is 0 Å². The minimum atomic E-state index is -0.588. The molecular formula is C18H13NO5. The van der Waals surface area contributed by atoms with Crippen molar-refractivity contribution in [1.82, 2.24) is 0 Å². The Labute approximate surface area is 137 Å². The largest absolute Gasteiger partial charge is 0.465 e. The van der Waals surface area contributed by atoms with Crippen molar-refractivity contribution in [2.24, 2.45) is 0 Å². The molecule has 0 spiro atoms. The molecule has 120 valence electrons. The first-order chi connectivity index (χ1) is 11.4. The summed E-state index contributed by atoms with van der Waals surface area (Å²) in [5.41, 5.74) is 1.25.